The van der Waals surface area contributed by atoms with Gasteiger partial charge in [0.1, 0.15) is 5.82 Å². The fourth-order valence-corrected chi connectivity index (χ4v) is 2.35. The summed E-state index contributed by atoms with van der Waals surface area (Å²) in [6, 6.07) is 14.1. The Bertz CT molecular complexity index is 695. The van der Waals surface area contributed by atoms with Gasteiger partial charge in [-0.2, -0.15) is 0 Å². The molecule has 100 valence electrons. The van der Waals surface area contributed by atoms with E-state index in [2.05, 4.69) is 4.99 Å². The summed E-state index contributed by atoms with van der Waals surface area (Å²) < 4.78 is 14.0. The Morgan fingerprint density at radius 2 is 1.85 bits per heavy atom. The van der Waals surface area contributed by atoms with E-state index in [1.807, 2.05) is 30.3 Å². The van der Waals surface area contributed by atoms with Gasteiger partial charge in [0.05, 0.1) is 5.71 Å². The summed E-state index contributed by atoms with van der Waals surface area (Å²) in [6.07, 6.45) is -0.972. The SMILES string of the molecule is N[C@H]1N=C(c2ccccc2)c2cccc(F)c2CC1=O. The Labute approximate surface area is 116 Å². The van der Waals surface area contributed by atoms with Crippen molar-refractivity contribution in [1.82, 2.24) is 0 Å². The molecule has 0 aliphatic carbocycles. The molecule has 2 N–H and O–H groups in total. The van der Waals surface area contributed by atoms with Gasteiger partial charge in [0, 0.05) is 23.1 Å². The summed E-state index contributed by atoms with van der Waals surface area (Å²) in [4.78, 5) is 16.2. The molecule has 1 atom stereocenters. The third-order valence-electron chi connectivity index (χ3n) is 3.37. The van der Waals surface area contributed by atoms with Gasteiger partial charge in [-0.15, -0.1) is 0 Å². The Hall–Kier alpha value is -2.33. The van der Waals surface area contributed by atoms with Crippen molar-refractivity contribution >= 4 is 11.5 Å². The quantitative estimate of drug-likeness (QED) is 0.860. The molecular formula is C16H13FN2O. The Balaban J connectivity index is 2.25. The zero-order valence-electron chi connectivity index (χ0n) is 10.7. The van der Waals surface area contributed by atoms with E-state index in [1.165, 1.54) is 6.07 Å². The molecular weight excluding hydrogens is 255 g/mol. The molecule has 0 amide bonds. The number of aliphatic imine (C=N–C) groups is 1. The van der Waals surface area contributed by atoms with Crippen LogP contribution in [0.3, 0.4) is 0 Å². The highest BCUT2D eigenvalue weighted by Crippen LogP contribution is 2.22. The predicted molar refractivity (Wildman–Crippen MR) is 75.2 cm³/mol. The highest BCUT2D eigenvalue weighted by Gasteiger charge is 2.25. The number of rotatable bonds is 1. The van der Waals surface area contributed by atoms with E-state index in [1.54, 1.807) is 12.1 Å². The van der Waals surface area contributed by atoms with Crippen molar-refractivity contribution in [3.8, 4) is 0 Å². The molecule has 0 radical (unpaired) electrons. The van der Waals surface area contributed by atoms with Crippen LogP contribution < -0.4 is 5.73 Å². The van der Waals surface area contributed by atoms with E-state index in [-0.39, 0.29) is 12.2 Å². The van der Waals surface area contributed by atoms with Crippen molar-refractivity contribution in [2.45, 2.75) is 12.6 Å². The molecule has 3 nitrogen and oxygen atoms in total. The van der Waals surface area contributed by atoms with Crippen LogP contribution in [0.25, 0.3) is 0 Å². The van der Waals surface area contributed by atoms with Crippen molar-refractivity contribution < 1.29 is 9.18 Å². The molecule has 4 heteroatoms. The van der Waals surface area contributed by atoms with Crippen LogP contribution in [0.4, 0.5) is 4.39 Å². The van der Waals surface area contributed by atoms with Gasteiger partial charge in [0.15, 0.2) is 11.9 Å². The Morgan fingerprint density at radius 1 is 1.10 bits per heavy atom. The number of nitrogens with zero attached hydrogens (tertiary/aromatic N) is 1. The smallest absolute Gasteiger partial charge is 0.176 e. The van der Waals surface area contributed by atoms with Gasteiger partial charge >= 0.3 is 0 Å². The molecule has 0 saturated carbocycles. The minimum atomic E-state index is -0.947. The van der Waals surface area contributed by atoms with Crippen LogP contribution in [0.1, 0.15) is 16.7 Å². The zero-order chi connectivity index (χ0) is 14.1. The van der Waals surface area contributed by atoms with E-state index in [0.29, 0.717) is 16.8 Å². The van der Waals surface area contributed by atoms with Crippen LogP contribution in [0.2, 0.25) is 0 Å². The average molecular weight is 268 g/mol. The van der Waals surface area contributed by atoms with Crippen LogP contribution in [-0.4, -0.2) is 17.7 Å². The first-order valence-corrected chi connectivity index (χ1v) is 6.36. The lowest BCUT2D eigenvalue weighted by molar-refractivity contribution is -0.119. The maximum atomic E-state index is 14.0. The zero-order valence-corrected chi connectivity index (χ0v) is 10.7. The molecule has 1 aliphatic rings. The third-order valence-corrected chi connectivity index (χ3v) is 3.37. The number of nitrogens with two attached hydrogens (primary N) is 1. The molecule has 20 heavy (non-hydrogen) atoms. The van der Waals surface area contributed by atoms with Gasteiger partial charge < -0.3 is 5.73 Å². The van der Waals surface area contributed by atoms with Crippen LogP contribution in [-0.2, 0) is 11.2 Å². The first kappa shape index (κ1) is 12.7. The normalized spacial score (nSPS) is 18.2. The maximum Gasteiger partial charge on any atom is 0.176 e. The van der Waals surface area contributed by atoms with Crippen molar-refractivity contribution in [3.63, 3.8) is 0 Å². The van der Waals surface area contributed by atoms with Gasteiger partial charge in [-0.05, 0) is 6.07 Å². The molecule has 3 rings (SSSR count). The summed E-state index contributed by atoms with van der Waals surface area (Å²) in [5, 5.41) is 0. The fourth-order valence-electron chi connectivity index (χ4n) is 2.35. The van der Waals surface area contributed by atoms with Gasteiger partial charge in [-0.3, -0.25) is 9.79 Å². The third kappa shape index (κ3) is 2.14. The molecule has 1 heterocycles. The number of Topliss-reactive ketones (excluding diaryl/α,β-unsaturated/α-hetero) is 1. The molecule has 0 aromatic heterocycles. The number of carbonyl (C=O) groups is 1. The number of carbonyl (C=O) groups excluding carboxylic acids is 1. The van der Waals surface area contributed by atoms with Gasteiger partial charge in [-0.1, -0.05) is 42.5 Å². The molecule has 0 unspecified atom stereocenters. The summed E-state index contributed by atoms with van der Waals surface area (Å²) in [7, 11) is 0. The van der Waals surface area contributed by atoms with Crippen molar-refractivity contribution in [2.24, 2.45) is 10.7 Å². The number of hydrogen-bond donors (Lipinski definition) is 1. The highest BCUT2D eigenvalue weighted by molar-refractivity contribution is 6.16. The van der Waals surface area contributed by atoms with E-state index in [9.17, 15) is 9.18 Å². The van der Waals surface area contributed by atoms with E-state index in [0.717, 1.165) is 5.56 Å². The Kier molecular flexibility index (Phi) is 3.16. The number of hydrogen-bond acceptors (Lipinski definition) is 3. The molecule has 0 spiro atoms. The number of benzene rings is 2. The standard InChI is InChI=1S/C16H13FN2O/c17-13-8-4-7-11-12(13)9-14(20)16(18)19-15(11)10-5-2-1-3-6-10/h1-8,16H,9,18H2/t16-/m0/s1. The summed E-state index contributed by atoms with van der Waals surface area (Å²) in [6.45, 7) is 0. The number of fused-ring (bicyclic) bond motifs is 1. The van der Waals surface area contributed by atoms with E-state index < -0.39 is 12.0 Å². The topological polar surface area (TPSA) is 55.4 Å². The molecule has 1 aliphatic heterocycles. The summed E-state index contributed by atoms with van der Waals surface area (Å²) >= 11 is 0. The predicted octanol–water partition coefficient (Wildman–Crippen LogP) is 2.07. The minimum absolute atomic E-state index is 0.0248. The van der Waals surface area contributed by atoms with E-state index >= 15 is 0 Å². The molecule has 0 fully saturated rings. The van der Waals surface area contributed by atoms with Crippen LogP contribution >= 0.6 is 0 Å². The van der Waals surface area contributed by atoms with Crippen molar-refractivity contribution in [3.05, 3.63) is 71.0 Å². The van der Waals surface area contributed by atoms with Crippen LogP contribution in [0.15, 0.2) is 53.5 Å². The minimum Gasteiger partial charge on any atom is -0.303 e. The maximum absolute atomic E-state index is 14.0. The number of ketones is 1. The summed E-state index contributed by atoms with van der Waals surface area (Å²) in [5.41, 5.74) is 8.17. The van der Waals surface area contributed by atoms with Crippen molar-refractivity contribution in [1.29, 1.82) is 0 Å². The average Bonchev–Trinajstić information content (AvgIpc) is 2.59. The van der Waals surface area contributed by atoms with Crippen LogP contribution in [0.5, 0.6) is 0 Å². The molecule has 0 bridgehead atoms. The Morgan fingerprint density at radius 3 is 2.60 bits per heavy atom. The van der Waals surface area contributed by atoms with Gasteiger partial charge in [0.2, 0.25) is 0 Å². The summed E-state index contributed by atoms with van der Waals surface area (Å²) in [5.74, 6) is -0.670. The monoisotopic (exact) mass is 268 g/mol. The lowest BCUT2D eigenvalue weighted by Gasteiger charge is -2.10. The highest BCUT2D eigenvalue weighted by atomic mass is 19.1. The van der Waals surface area contributed by atoms with Crippen LogP contribution in [0, 0.1) is 5.82 Å². The van der Waals surface area contributed by atoms with E-state index in [4.69, 9.17) is 5.73 Å². The second-order valence-corrected chi connectivity index (χ2v) is 4.70. The van der Waals surface area contributed by atoms with Crippen molar-refractivity contribution in [2.75, 3.05) is 0 Å². The largest absolute Gasteiger partial charge is 0.303 e. The molecule has 2 aromatic rings. The second-order valence-electron chi connectivity index (χ2n) is 4.70. The lowest BCUT2D eigenvalue weighted by atomic mass is 9.95. The second kappa shape index (κ2) is 4.98. The van der Waals surface area contributed by atoms with Gasteiger partial charge in [0.25, 0.3) is 0 Å². The fraction of sp³-hybridized carbons (Fsp3) is 0.125. The first-order valence-electron chi connectivity index (χ1n) is 6.36. The lowest BCUT2D eigenvalue weighted by Crippen LogP contribution is -2.29. The molecule has 0 saturated heterocycles. The first-order chi connectivity index (χ1) is 9.66. The number of halogens is 1. The van der Waals surface area contributed by atoms with Gasteiger partial charge in [-0.25, -0.2) is 4.39 Å². The molecule has 2 aromatic carbocycles.